The number of carbonyl (C=O) groups is 1. The van der Waals surface area contributed by atoms with E-state index in [1.54, 1.807) is 4.90 Å². The second-order valence-corrected chi connectivity index (χ2v) is 5.35. The Kier molecular flexibility index (Phi) is 4.56. The minimum absolute atomic E-state index is 0.0251. The quantitative estimate of drug-likeness (QED) is 0.912. The molecule has 2 atom stereocenters. The first-order chi connectivity index (χ1) is 9.82. The molecule has 3 nitrogen and oxygen atoms in total. The summed E-state index contributed by atoms with van der Waals surface area (Å²) in [5.41, 5.74) is -0.520. The van der Waals surface area contributed by atoms with Crippen molar-refractivity contribution >= 4 is 5.91 Å². The summed E-state index contributed by atoms with van der Waals surface area (Å²) in [7, 11) is 0. The Morgan fingerprint density at radius 3 is 2.48 bits per heavy atom. The maximum Gasteiger partial charge on any atom is 0.416 e. The van der Waals surface area contributed by atoms with E-state index < -0.39 is 17.8 Å². The third kappa shape index (κ3) is 3.56. The zero-order chi connectivity index (χ0) is 15.6. The van der Waals surface area contributed by atoms with Crippen LogP contribution >= 0.6 is 0 Å². The van der Waals surface area contributed by atoms with Crippen molar-refractivity contribution in [1.29, 1.82) is 0 Å². The van der Waals surface area contributed by atoms with Gasteiger partial charge in [-0.2, -0.15) is 13.2 Å². The van der Waals surface area contributed by atoms with Gasteiger partial charge in [0.05, 0.1) is 11.7 Å². The van der Waals surface area contributed by atoms with Crippen LogP contribution in [0.2, 0.25) is 0 Å². The highest BCUT2D eigenvalue weighted by Gasteiger charge is 2.32. The number of benzene rings is 1. The standard InChI is InChI=1S/C15H18F3NO2/c1-2-10-9-19(8-7-13(10)20)14(21)11-3-5-12(6-4-11)15(16,17)18/h3-6,10,13,20H,2,7-9H2,1H3. The predicted molar refractivity (Wildman–Crippen MR) is 71.8 cm³/mol. The van der Waals surface area contributed by atoms with Crippen LogP contribution in [-0.2, 0) is 6.18 Å². The molecule has 1 heterocycles. The number of likely N-dealkylation sites (tertiary alicyclic amines) is 1. The van der Waals surface area contributed by atoms with Crippen molar-refractivity contribution < 1.29 is 23.1 Å². The lowest BCUT2D eigenvalue weighted by Crippen LogP contribution is -2.45. The smallest absolute Gasteiger partial charge is 0.393 e. The van der Waals surface area contributed by atoms with Crippen LogP contribution in [0, 0.1) is 5.92 Å². The van der Waals surface area contributed by atoms with Crippen LogP contribution in [0.3, 0.4) is 0 Å². The lowest BCUT2D eigenvalue weighted by atomic mass is 9.92. The summed E-state index contributed by atoms with van der Waals surface area (Å²) in [5.74, 6) is -0.258. The maximum absolute atomic E-state index is 12.5. The molecule has 2 unspecified atom stereocenters. The van der Waals surface area contributed by atoms with Gasteiger partial charge in [-0.3, -0.25) is 4.79 Å². The fourth-order valence-corrected chi connectivity index (χ4v) is 2.59. The molecular weight excluding hydrogens is 283 g/mol. The van der Waals surface area contributed by atoms with Crippen molar-refractivity contribution in [3.8, 4) is 0 Å². The van der Waals surface area contributed by atoms with E-state index in [0.29, 0.717) is 19.5 Å². The minimum atomic E-state index is -4.40. The first-order valence-corrected chi connectivity index (χ1v) is 6.97. The van der Waals surface area contributed by atoms with Crippen LogP contribution < -0.4 is 0 Å². The molecule has 0 saturated carbocycles. The van der Waals surface area contributed by atoms with Crippen molar-refractivity contribution in [3.63, 3.8) is 0 Å². The zero-order valence-corrected chi connectivity index (χ0v) is 11.7. The summed E-state index contributed by atoms with van der Waals surface area (Å²) in [6, 6.07) is 4.25. The molecule has 0 aliphatic carbocycles. The Labute approximate surface area is 121 Å². The topological polar surface area (TPSA) is 40.5 Å². The highest BCUT2D eigenvalue weighted by atomic mass is 19.4. The minimum Gasteiger partial charge on any atom is -0.393 e. The summed E-state index contributed by atoms with van der Waals surface area (Å²) in [5, 5.41) is 9.80. The molecule has 0 aromatic heterocycles. The molecule has 0 radical (unpaired) electrons. The Balaban J connectivity index is 2.10. The van der Waals surface area contributed by atoms with E-state index in [2.05, 4.69) is 0 Å². The second kappa shape index (κ2) is 6.05. The third-order valence-corrected chi connectivity index (χ3v) is 3.96. The monoisotopic (exact) mass is 301 g/mol. The number of rotatable bonds is 2. The zero-order valence-electron chi connectivity index (χ0n) is 11.7. The molecule has 1 aliphatic rings. The molecule has 21 heavy (non-hydrogen) atoms. The Bertz CT molecular complexity index is 499. The highest BCUT2D eigenvalue weighted by Crippen LogP contribution is 2.29. The molecule has 1 N–H and O–H groups in total. The number of nitrogens with zero attached hydrogens (tertiary/aromatic N) is 1. The first-order valence-electron chi connectivity index (χ1n) is 6.97. The molecule has 1 aromatic carbocycles. The van der Waals surface area contributed by atoms with Crippen LogP contribution in [0.4, 0.5) is 13.2 Å². The normalized spacial score (nSPS) is 23.2. The second-order valence-electron chi connectivity index (χ2n) is 5.35. The number of hydrogen-bond acceptors (Lipinski definition) is 2. The van der Waals surface area contributed by atoms with Crippen molar-refractivity contribution in [1.82, 2.24) is 4.90 Å². The van der Waals surface area contributed by atoms with E-state index in [1.165, 1.54) is 12.1 Å². The van der Waals surface area contributed by atoms with E-state index in [4.69, 9.17) is 0 Å². The molecule has 1 amide bonds. The summed E-state index contributed by atoms with van der Waals surface area (Å²) >= 11 is 0. The van der Waals surface area contributed by atoms with Gasteiger partial charge in [0.25, 0.3) is 5.91 Å². The van der Waals surface area contributed by atoms with Crippen molar-refractivity contribution in [2.24, 2.45) is 5.92 Å². The van der Waals surface area contributed by atoms with Gasteiger partial charge in [-0.05, 0) is 37.1 Å². The van der Waals surface area contributed by atoms with Crippen LogP contribution in [0.1, 0.15) is 35.7 Å². The third-order valence-electron chi connectivity index (χ3n) is 3.96. The first kappa shape index (κ1) is 15.8. The number of aliphatic hydroxyl groups excluding tert-OH is 1. The molecule has 116 valence electrons. The van der Waals surface area contributed by atoms with Gasteiger partial charge in [0, 0.05) is 24.6 Å². The van der Waals surface area contributed by atoms with Gasteiger partial charge < -0.3 is 10.0 Å². The highest BCUT2D eigenvalue weighted by molar-refractivity contribution is 5.94. The van der Waals surface area contributed by atoms with Gasteiger partial charge in [0.15, 0.2) is 0 Å². The van der Waals surface area contributed by atoms with Crippen LogP contribution in [-0.4, -0.2) is 35.1 Å². The van der Waals surface area contributed by atoms with Gasteiger partial charge in [0.2, 0.25) is 0 Å². The summed E-state index contributed by atoms with van der Waals surface area (Å²) in [6.07, 6.45) is -3.54. The van der Waals surface area contributed by atoms with Crippen molar-refractivity contribution in [3.05, 3.63) is 35.4 Å². The van der Waals surface area contributed by atoms with Crippen molar-refractivity contribution in [2.45, 2.75) is 32.0 Å². The maximum atomic E-state index is 12.5. The fourth-order valence-electron chi connectivity index (χ4n) is 2.59. The fraction of sp³-hybridized carbons (Fsp3) is 0.533. The molecule has 1 aromatic rings. The number of piperidine rings is 1. The number of aliphatic hydroxyl groups is 1. The van der Waals surface area contributed by atoms with Gasteiger partial charge in [0.1, 0.15) is 0 Å². The summed E-state index contributed by atoms with van der Waals surface area (Å²) < 4.78 is 37.5. The summed E-state index contributed by atoms with van der Waals surface area (Å²) in [6.45, 7) is 2.81. The Morgan fingerprint density at radius 2 is 1.95 bits per heavy atom. The molecule has 1 aliphatic heterocycles. The summed E-state index contributed by atoms with van der Waals surface area (Å²) in [4.78, 5) is 13.9. The molecule has 2 rings (SSSR count). The molecule has 1 fully saturated rings. The molecule has 0 spiro atoms. The van der Waals surface area contributed by atoms with Crippen molar-refractivity contribution in [2.75, 3.05) is 13.1 Å². The SMILES string of the molecule is CCC1CN(C(=O)c2ccc(C(F)(F)F)cc2)CCC1O. The number of amides is 1. The van der Waals surface area contributed by atoms with Crippen LogP contribution in [0.15, 0.2) is 24.3 Å². The van der Waals surface area contributed by atoms with Gasteiger partial charge in [-0.15, -0.1) is 0 Å². The largest absolute Gasteiger partial charge is 0.416 e. The van der Waals surface area contributed by atoms with E-state index in [-0.39, 0.29) is 17.4 Å². The molecule has 0 bridgehead atoms. The van der Waals surface area contributed by atoms with Crippen LogP contribution in [0.5, 0.6) is 0 Å². The number of carbonyl (C=O) groups excluding carboxylic acids is 1. The average Bonchev–Trinajstić information content (AvgIpc) is 2.46. The van der Waals surface area contributed by atoms with E-state index in [0.717, 1.165) is 18.6 Å². The van der Waals surface area contributed by atoms with E-state index >= 15 is 0 Å². The Hall–Kier alpha value is -1.56. The predicted octanol–water partition coefficient (Wildman–Crippen LogP) is 2.94. The Morgan fingerprint density at radius 1 is 1.33 bits per heavy atom. The van der Waals surface area contributed by atoms with Gasteiger partial charge in [-0.25, -0.2) is 0 Å². The lowest BCUT2D eigenvalue weighted by Gasteiger charge is -2.35. The van der Waals surface area contributed by atoms with E-state index in [1.807, 2.05) is 6.92 Å². The van der Waals surface area contributed by atoms with Crippen LogP contribution in [0.25, 0.3) is 0 Å². The number of hydrogen-bond donors (Lipinski definition) is 1. The lowest BCUT2D eigenvalue weighted by molar-refractivity contribution is -0.137. The molecular formula is C15H18F3NO2. The van der Waals surface area contributed by atoms with Gasteiger partial charge in [-0.1, -0.05) is 6.92 Å². The number of alkyl halides is 3. The molecule has 1 saturated heterocycles. The van der Waals surface area contributed by atoms with Gasteiger partial charge >= 0.3 is 6.18 Å². The molecule has 6 heteroatoms. The average molecular weight is 301 g/mol. The van der Waals surface area contributed by atoms with E-state index in [9.17, 15) is 23.1 Å². The number of halogens is 3.